The van der Waals surface area contributed by atoms with Crippen LogP contribution < -0.4 is 11.1 Å². The Kier molecular flexibility index (Phi) is 5.79. The molecule has 7 heteroatoms. The topological polar surface area (TPSA) is 84.7 Å². The summed E-state index contributed by atoms with van der Waals surface area (Å²) >= 11 is 0. The molecule has 1 aromatic carbocycles. The molecule has 20 heavy (non-hydrogen) atoms. The van der Waals surface area contributed by atoms with E-state index in [4.69, 9.17) is 10.5 Å². The van der Waals surface area contributed by atoms with Gasteiger partial charge in [-0.15, -0.1) is 0 Å². The minimum absolute atomic E-state index is 0.0598. The number of sulfonamides is 1. The molecule has 0 amide bonds. The third-order valence-corrected chi connectivity index (χ3v) is 4.64. The molecule has 0 aliphatic heterocycles. The first-order valence-electron chi connectivity index (χ1n) is 6.46. The third-order valence-electron chi connectivity index (χ3n) is 2.83. The largest absolute Gasteiger partial charge is 0.397 e. The Morgan fingerprint density at radius 3 is 2.55 bits per heavy atom. The molecule has 0 saturated carbocycles. The second-order valence-electron chi connectivity index (χ2n) is 4.68. The number of nitrogen functional groups attached to an aromatic ring is 1. The molecule has 1 aromatic rings. The van der Waals surface area contributed by atoms with E-state index < -0.39 is 10.0 Å². The van der Waals surface area contributed by atoms with Crippen molar-refractivity contribution < 1.29 is 13.2 Å². The van der Waals surface area contributed by atoms with E-state index in [0.717, 1.165) is 4.31 Å². The van der Waals surface area contributed by atoms with Crippen LogP contribution in [0, 0.1) is 0 Å². The number of benzene rings is 1. The van der Waals surface area contributed by atoms with Gasteiger partial charge in [-0.05, 0) is 32.0 Å². The van der Waals surface area contributed by atoms with Crippen molar-refractivity contribution in [1.82, 2.24) is 4.31 Å². The van der Waals surface area contributed by atoms with Crippen LogP contribution in [0.15, 0.2) is 23.1 Å². The van der Waals surface area contributed by atoms with Gasteiger partial charge in [0.1, 0.15) is 0 Å². The average Bonchev–Trinajstić information content (AvgIpc) is 2.37. The minimum atomic E-state index is -3.46. The summed E-state index contributed by atoms with van der Waals surface area (Å²) in [7, 11) is -0.480. The Morgan fingerprint density at radius 2 is 2.05 bits per heavy atom. The number of anilines is 2. The van der Waals surface area contributed by atoms with Crippen LogP contribution >= 0.6 is 0 Å². The zero-order valence-corrected chi connectivity index (χ0v) is 13.2. The lowest BCUT2D eigenvalue weighted by Gasteiger charge is -2.16. The van der Waals surface area contributed by atoms with E-state index in [2.05, 4.69) is 5.32 Å². The molecule has 1 unspecified atom stereocenters. The maximum Gasteiger partial charge on any atom is 0.242 e. The van der Waals surface area contributed by atoms with Gasteiger partial charge < -0.3 is 15.8 Å². The number of hydrogen-bond acceptors (Lipinski definition) is 5. The Hall–Kier alpha value is -1.31. The molecular formula is C13H23N3O3S. The van der Waals surface area contributed by atoms with Crippen LogP contribution in [-0.4, -0.2) is 46.1 Å². The van der Waals surface area contributed by atoms with E-state index in [1.165, 1.54) is 20.2 Å². The van der Waals surface area contributed by atoms with E-state index in [9.17, 15) is 8.42 Å². The van der Waals surface area contributed by atoms with E-state index in [1.807, 2.05) is 13.8 Å². The Labute approximate surface area is 121 Å². The van der Waals surface area contributed by atoms with Crippen molar-refractivity contribution >= 4 is 21.4 Å². The lowest BCUT2D eigenvalue weighted by atomic mass is 10.2. The Morgan fingerprint density at radius 1 is 1.40 bits per heavy atom. The van der Waals surface area contributed by atoms with E-state index in [1.54, 1.807) is 12.1 Å². The molecule has 0 saturated heterocycles. The first kappa shape index (κ1) is 16.7. The molecule has 0 aromatic heterocycles. The maximum atomic E-state index is 12.0. The number of nitrogens with zero attached hydrogens (tertiary/aromatic N) is 1. The van der Waals surface area contributed by atoms with Crippen LogP contribution in [0.3, 0.4) is 0 Å². The van der Waals surface area contributed by atoms with Crippen molar-refractivity contribution in [2.45, 2.75) is 24.8 Å². The van der Waals surface area contributed by atoms with Gasteiger partial charge in [0.2, 0.25) is 10.0 Å². The highest BCUT2D eigenvalue weighted by molar-refractivity contribution is 7.89. The number of ether oxygens (including phenoxy) is 1. The monoisotopic (exact) mass is 301 g/mol. The summed E-state index contributed by atoms with van der Waals surface area (Å²) < 4.78 is 30.5. The zero-order chi connectivity index (χ0) is 15.3. The fourth-order valence-corrected chi connectivity index (χ4v) is 2.61. The molecule has 1 rings (SSSR count). The normalized spacial score (nSPS) is 13.4. The third kappa shape index (κ3) is 4.09. The van der Waals surface area contributed by atoms with Crippen LogP contribution in [0.25, 0.3) is 0 Å². The van der Waals surface area contributed by atoms with Crippen molar-refractivity contribution in [2.24, 2.45) is 0 Å². The van der Waals surface area contributed by atoms with E-state index in [0.29, 0.717) is 24.5 Å². The minimum Gasteiger partial charge on any atom is -0.397 e. The van der Waals surface area contributed by atoms with E-state index in [-0.39, 0.29) is 11.0 Å². The van der Waals surface area contributed by atoms with Crippen LogP contribution in [0.5, 0.6) is 0 Å². The van der Waals surface area contributed by atoms with Gasteiger partial charge in [0, 0.05) is 27.2 Å². The van der Waals surface area contributed by atoms with E-state index >= 15 is 0 Å². The summed E-state index contributed by atoms with van der Waals surface area (Å²) in [5.41, 5.74) is 6.99. The summed E-state index contributed by atoms with van der Waals surface area (Å²) in [5.74, 6) is 0. The molecular weight excluding hydrogens is 278 g/mol. The summed E-state index contributed by atoms with van der Waals surface area (Å²) in [6.45, 7) is 5.15. The smallest absolute Gasteiger partial charge is 0.242 e. The van der Waals surface area contributed by atoms with Crippen LogP contribution in [0.4, 0.5) is 11.4 Å². The summed E-state index contributed by atoms with van der Waals surface area (Å²) in [5, 5.41) is 3.15. The Bertz CT molecular complexity index is 544. The van der Waals surface area contributed by atoms with Gasteiger partial charge in [-0.3, -0.25) is 0 Å². The second-order valence-corrected chi connectivity index (χ2v) is 6.84. The summed E-state index contributed by atoms with van der Waals surface area (Å²) in [6, 6.07) is 4.67. The quantitative estimate of drug-likeness (QED) is 0.743. The van der Waals surface area contributed by atoms with Crippen molar-refractivity contribution in [2.75, 3.05) is 38.3 Å². The molecule has 0 spiro atoms. The highest BCUT2D eigenvalue weighted by Gasteiger charge is 2.18. The summed E-state index contributed by atoms with van der Waals surface area (Å²) in [6.07, 6.45) is 0.0598. The van der Waals surface area contributed by atoms with Crippen LogP contribution in [0.2, 0.25) is 0 Å². The number of nitrogens with one attached hydrogen (secondary N) is 1. The van der Waals surface area contributed by atoms with Gasteiger partial charge in [-0.1, -0.05) is 0 Å². The number of rotatable bonds is 7. The molecule has 0 fully saturated rings. The standard InChI is InChI=1S/C13H23N3O3S/c1-5-19-10(2)9-15-13-7-6-11(8-12(13)14)20(17,18)16(3)4/h6-8,10,15H,5,9,14H2,1-4H3. The molecule has 3 N–H and O–H groups in total. The van der Waals surface area contributed by atoms with Gasteiger partial charge in [0.05, 0.1) is 22.4 Å². The summed E-state index contributed by atoms with van der Waals surface area (Å²) in [4.78, 5) is 0.184. The van der Waals surface area contributed by atoms with Crippen molar-refractivity contribution in [3.8, 4) is 0 Å². The van der Waals surface area contributed by atoms with Gasteiger partial charge in [0.25, 0.3) is 0 Å². The van der Waals surface area contributed by atoms with Gasteiger partial charge in [0.15, 0.2) is 0 Å². The second kappa shape index (κ2) is 6.92. The highest BCUT2D eigenvalue weighted by Crippen LogP contribution is 2.24. The predicted molar refractivity (Wildman–Crippen MR) is 81.3 cm³/mol. The van der Waals surface area contributed by atoms with Crippen LogP contribution in [0.1, 0.15) is 13.8 Å². The number of hydrogen-bond donors (Lipinski definition) is 2. The molecule has 0 aliphatic carbocycles. The Balaban J connectivity index is 2.84. The zero-order valence-electron chi connectivity index (χ0n) is 12.4. The van der Waals surface area contributed by atoms with Crippen molar-refractivity contribution in [3.63, 3.8) is 0 Å². The van der Waals surface area contributed by atoms with Crippen molar-refractivity contribution in [1.29, 1.82) is 0 Å². The molecule has 0 radical (unpaired) electrons. The molecule has 1 atom stereocenters. The van der Waals surface area contributed by atoms with Crippen LogP contribution in [-0.2, 0) is 14.8 Å². The molecule has 6 nitrogen and oxygen atoms in total. The van der Waals surface area contributed by atoms with Gasteiger partial charge in [-0.2, -0.15) is 0 Å². The maximum absolute atomic E-state index is 12.0. The highest BCUT2D eigenvalue weighted by atomic mass is 32.2. The molecule has 114 valence electrons. The fraction of sp³-hybridized carbons (Fsp3) is 0.538. The van der Waals surface area contributed by atoms with Gasteiger partial charge in [-0.25, -0.2) is 12.7 Å². The lowest BCUT2D eigenvalue weighted by Crippen LogP contribution is -2.23. The first-order chi connectivity index (χ1) is 9.28. The molecule has 0 aliphatic rings. The fourth-order valence-electron chi connectivity index (χ4n) is 1.67. The molecule has 0 heterocycles. The van der Waals surface area contributed by atoms with Crippen molar-refractivity contribution in [3.05, 3.63) is 18.2 Å². The lowest BCUT2D eigenvalue weighted by molar-refractivity contribution is 0.0855. The first-order valence-corrected chi connectivity index (χ1v) is 7.90. The SMILES string of the molecule is CCOC(C)CNc1ccc(S(=O)(=O)N(C)C)cc1N. The number of nitrogens with two attached hydrogens (primary N) is 1. The molecule has 0 bridgehead atoms. The average molecular weight is 301 g/mol. The predicted octanol–water partition coefficient (Wildman–Crippen LogP) is 1.36. The van der Waals surface area contributed by atoms with Gasteiger partial charge >= 0.3 is 0 Å².